The molecule has 0 unspecified atom stereocenters. The smallest absolute Gasteiger partial charge is 0.278 e. The molecule has 0 aromatic heterocycles. The predicted octanol–water partition coefficient (Wildman–Crippen LogP) is 3.36. The van der Waals surface area contributed by atoms with Crippen molar-refractivity contribution in [3.05, 3.63) is 76.2 Å². The molecule has 2 heterocycles. The molecule has 2 aromatic rings. The van der Waals surface area contributed by atoms with Crippen molar-refractivity contribution in [1.29, 1.82) is 0 Å². The first kappa shape index (κ1) is 21.2. The van der Waals surface area contributed by atoms with Gasteiger partial charge in [0.1, 0.15) is 11.5 Å². The summed E-state index contributed by atoms with van der Waals surface area (Å²) in [4.78, 5) is 32.5. The van der Waals surface area contributed by atoms with Crippen LogP contribution in [0.4, 0.5) is 4.39 Å². The summed E-state index contributed by atoms with van der Waals surface area (Å²) in [6, 6.07) is 12.1. The van der Waals surface area contributed by atoms with E-state index in [9.17, 15) is 14.0 Å². The molecule has 162 valence electrons. The normalized spacial score (nSPS) is 17.8. The van der Waals surface area contributed by atoms with Gasteiger partial charge in [0, 0.05) is 31.7 Å². The number of rotatable bonds is 5. The fourth-order valence-corrected chi connectivity index (χ4v) is 4.24. The van der Waals surface area contributed by atoms with Crippen LogP contribution in [0.1, 0.15) is 29.2 Å². The minimum absolute atomic E-state index is 0.0723. The van der Waals surface area contributed by atoms with Gasteiger partial charge in [-0.2, -0.15) is 0 Å². The van der Waals surface area contributed by atoms with E-state index in [0.29, 0.717) is 29.9 Å². The molecule has 5 nitrogen and oxygen atoms in total. The van der Waals surface area contributed by atoms with E-state index in [4.69, 9.17) is 0 Å². The number of imide groups is 1. The highest BCUT2D eigenvalue weighted by Gasteiger charge is 2.42. The van der Waals surface area contributed by atoms with E-state index in [1.54, 1.807) is 18.2 Å². The number of halogens is 1. The van der Waals surface area contributed by atoms with Crippen molar-refractivity contribution in [2.45, 2.75) is 27.3 Å². The molecular formula is C25H28FN3O2. The van der Waals surface area contributed by atoms with E-state index in [-0.39, 0.29) is 18.4 Å². The lowest BCUT2D eigenvalue weighted by Crippen LogP contribution is -2.47. The lowest BCUT2D eigenvalue weighted by molar-refractivity contribution is -0.138. The Morgan fingerprint density at radius 2 is 1.61 bits per heavy atom. The summed E-state index contributed by atoms with van der Waals surface area (Å²) in [6.07, 6.45) is 0. The fourth-order valence-electron chi connectivity index (χ4n) is 4.24. The maximum absolute atomic E-state index is 14.3. The first-order chi connectivity index (χ1) is 14.9. The number of nitrogens with zero attached hydrogens (tertiary/aromatic N) is 3. The van der Waals surface area contributed by atoms with Gasteiger partial charge in [-0.15, -0.1) is 0 Å². The second kappa shape index (κ2) is 8.63. The van der Waals surface area contributed by atoms with E-state index < -0.39 is 5.82 Å². The first-order valence-electron chi connectivity index (χ1n) is 10.8. The highest BCUT2D eigenvalue weighted by atomic mass is 19.1. The van der Waals surface area contributed by atoms with Crippen LogP contribution >= 0.6 is 0 Å². The summed E-state index contributed by atoms with van der Waals surface area (Å²) < 4.78 is 14.3. The molecule has 2 amide bonds. The van der Waals surface area contributed by atoms with Gasteiger partial charge in [-0.05, 0) is 43.1 Å². The number of carbonyl (C=O) groups excluding carboxylic acids is 2. The van der Waals surface area contributed by atoms with Crippen molar-refractivity contribution in [2.75, 3.05) is 32.7 Å². The number of benzene rings is 2. The molecule has 0 radical (unpaired) electrons. The molecule has 0 N–H and O–H groups in total. The maximum atomic E-state index is 14.3. The van der Waals surface area contributed by atoms with Crippen LogP contribution in [0.2, 0.25) is 0 Å². The molecule has 0 atom stereocenters. The molecule has 4 rings (SSSR count). The number of hydrogen-bond acceptors (Lipinski definition) is 4. The average molecular weight is 422 g/mol. The number of carbonyl (C=O) groups is 2. The van der Waals surface area contributed by atoms with Crippen molar-refractivity contribution < 1.29 is 14.0 Å². The number of hydrogen-bond donors (Lipinski definition) is 0. The minimum Gasteiger partial charge on any atom is -0.364 e. The Morgan fingerprint density at radius 3 is 2.26 bits per heavy atom. The van der Waals surface area contributed by atoms with Gasteiger partial charge < -0.3 is 9.80 Å². The van der Waals surface area contributed by atoms with Crippen LogP contribution < -0.4 is 0 Å². The molecule has 1 fully saturated rings. The summed E-state index contributed by atoms with van der Waals surface area (Å²) in [5.41, 5.74) is 4.14. The lowest BCUT2D eigenvalue weighted by atomic mass is 9.99. The Labute approximate surface area is 182 Å². The highest BCUT2D eigenvalue weighted by molar-refractivity contribution is 6.35. The molecule has 0 spiro atoms. The molecule has 2 aliphatic rings. The van der Waals surface area contributed by atoms with Gasteiger partial charge in [-0.1, -0.05) is 43.3 Å². The number of amides is 2. The van der Waals surface area contributed by atoms with Crippen LogP contribution in [-0.2, 0) is 16.1 Å². The standard InChI is InChI=1S/C25H28FN3O2/c1-4-27-11-13-28(14-12-27)23-22(19-10-9-17(2)18(3)15-19)24(30)29(25(23)31)16-20-7-5-6-8-21(20)26/h5-10,15H,4,11-14,16H2,1-3H3. The first-order valence-corrected chi connectivity index (χ1v) is 10.8. The number of likely N-dealkylation sites (N-methyl/N-ethyl adjacent to an activating group) is 1. The summed E-state index contributed by atoms with van der Waals surface area (Å²) in [7, 11) is 0. The third-order valence-corrected chi connectivity index (χ3v) is 6.36. The Bertz CT molecular complexity index is 1050. The summed E-state index contributed by atoms with van der Waals surface area (Å²) in [5.74, 6) is -1.11. The molecule has 31 heavy (non-hydrogen) atoms. The van der Waals surface area contributed by atoms with Crippen LogP contribution in [0.25, 0.3) is 5.57 Å². The molecule has 6 heteroatoms. The fraction of sp³-hybridized carbons (Fsp3) is 0.360. The zero-order chi connectivity index (χ0) is 22.1. The van der Waals surface area contributed by atoms with E-state index in [1.807, 2.05) is 36.9 Å². The summed E-state index contributed by atoms with van der Waals surface area (Å²) in [5, 5.41) is 0. The van der Waals surface area contributed by atoms with Gasteiger partial charge >= 0.3 is 0 Å². The molecule has 0 bridgehead atoms. The largest absolute Gasteiger partial charge is 0.364 e. The number of piperazine rings is 1. The van der Waals surface area contributed by atoms with Gasteiger partial charge in [0.2, 0.25) is 0 Å². The van der Waals surface area contributed by atoms with Crippen molar-refractivity contribution in [1.82, 2.24) is 14.7 Å². The Kier molecular flexibility index (Phi) is 5.92. The summed E-state index contributed by atoms with van der Waals surface area (Å²) in [6.45, 7) is 10.1. The van der Waals surface area contributed by atoms with Crippen molar-refractivity contribution in [3.63, 3.8) is 0 Å². The minimum atomic E-state index is -0.416. The van der Waals surface area contributed by atoms with Crippen LogP contribution in [0.3, 0.4) is 0 Å². The van der Waals surface area contributed by atoms with Gasteiger partial charge in [0.15, 0.2) is 0 Å². The molecular weight excluding hydrogens is 393 g/mol. The van der Waals surface area contributed by atoms with E-state index in [2.05, 4.69) is 11.8 Å². The van der Waals surface area contributed by atoms with E-state index in [1.165, 1.54) is 11.0 Å². The molecule has 2 aromatic carbocycles. The Morgan fingerprint density at radius 1 is 0.903 bits per heavy atom. The summed E-state index contributed by atoms with van der Waals surface area (Å²) >= 11 is 0. The lowest BCUT2D eigenvalue weighted by Gasteiger charge is -2.36. The molecule has 0 saturated carbocycles. The predicted molar refractivity (Wildman–Crippen MR) is 118 cm³/mol. The van der Waals surface area contributed by atoms with Crippen molar-refractivity contribution in [3.8, 4) is 0 Å². The van der Waals surface area contributed by atoms with Crippen LogP contribution in [0.15, 0.2) is 48.2 Å². The Hall–Kier alpha value is -2.99. The average Bonchev–Trinajstić information content (AvgIpc) is 3.02. The van der Waals surface area contributed by atoms with Crippen molar-refractivity contribution in [2.24, 2.45) is 0 Å². The van der Waals surface area contributed by atoms with Crippen molar-refractivity contribution >= 4 is 17.4 Å². The second-order valence-corrected chi connectivity index (χ2v) is 8.23. The second-order valence-electron chi connectivity index (χ2n) is 8.23. The van der Waals surface area contributed by atoms with E-state index in [0.717, 1.165) is 36.3 Å². The molecule has 1 saturated heterocycles. The van der Waals surface area contributed by atoms with Gasteiger partial charge in [-0.3, -0.25) is 14.5 Å². The molecule has 2 aliphatic heterocycles. The monoisotopic (exact) mass is 421 g/mol. The SMILES string of the molecule is CCN1CCN(C2=C(c3ccc(C)c(C)c3)C(=O)N(Cc3ccccc3F)C2=O)CC1. The quantitative estimate of drug-likeness (QED) is 0.695. The topological polar surface area (TPSA) is 43.9 Å². The number of aryl methyl sites for hydroxylation is 2. The Balaban J connectivity index is 1.74. The van der Waals surface area contributed by atoms with Gasteiger partial charge in [-0.25, -0.2) is 4.39 Å². The van der Waals surface area contributed by atoms with Crippen LogP contribution in [0.5, 0.6) is 0 Å². The zero-order valence-electron chi connectivity index (χ0n) is 18.3. The van der Waals surface area contributed by atoms with Crippen LogP contribution in [-0.4, -0.2) is 59.2 Å². The molecule has 0 aliphatic carbocycles. The van der Waals surface area contributed by atoms with Crippen LogP contribution in [0, 0.1) is 19.7 Å². The zero-order valence-corrected chi connectivity index (χ0v) is 18.3. The van der Waals surface area contributed by atoms with Gasteiger partial charge in [0.25, 0.3) is 11.8 Å². The highest BCUT2D eigenvalue weighted by Crippen LogP contribution is 2.34. The maximum Gasteiger partial charge on any atom is 0.278 e. The third kappa shape index (κ3) is 4.00. The van der Waals surface area contributed by atoms with Gasteiger partial charge in [0.05, 0.1) is 12.1 Å². The van der Waals surface area contributed by atoms with E-state index >= 15 is 0 Å². The third-order valence-electron chi connectivity index (χ3n) is 6.36.